The number of nitrogens with zero attached hydrogens (tertiary/aromatic N) is 1. The summed E-state index contributed by atoms with van der Waals surface area (Å²) in [6.45, 7) is 0. The highest BCUT2D eigenvalue weighted by Crippen LogP contribution is 2.64. The van der Waals surface area contributed by atoms with Crippen molar-refractivity contribution >= 4 is 32.8 Å². The normalized spacial score (nSPS) is 30.4. The minimum atomic E-state index is -1.71. The van der Waals surface area contributed by atoms with Gasteiger partial charge in [0.05, 0.1) is 0 Å². The van der Waals surface area contributed by atoms with Gasteiger partial charge >= 0.3 is 0 Å². The highest BCUT2D eigenvalue weighted by Gasteiger charge is 2.73. The smallest absolute Gasteiger partial charge is 0.279 e. The number of nitro groups is 1. The number of alkyl halides is 1. The number of benzene rings is 2. The van der Waals surface area contributed by atoms with Crippen LogP contribution in [0.5, 0.6) is 0 Å². The average molecular weight is 393 g/mol. The van der Waals surface area contributed by atoms with Gasteiger partial charge in [0.25, 0.3) is 5.54 Å². The Labute approximate surface area is 145 Å². The van der Waals surface area contributed by atoms with Crippen molar-refractivity contribution in [2.75, 3.05) is 0 Å². The van der Waals surface area contributed by atoms with Gasteiger partial charge in [0.15, 0.2) is 4.32 Å². The second kappa shape index (κ2) is 4.65. The number of hydrogen-bond acceptors (Lipinski definition) is 3. The molecule has 0 aliphatic heterocycles. The molecule has 3 aliphatic rings. The van der Waals surface area contributed by atoms with Crippen LogP contribution in [-0.2, 0) is 10.3 Å². The second-order valence-electron chi connectivity index (χ2n) is 5.97. The van der Waals surface area contributed by atoms with Gasteiger partial charge in [0.1, 0.15) is 0 Å². The highest BCUT2D eigenvalue weighted by molar-refractivity contribution is 9.10. The molecule has 0 saturated heterocycles. The molecule has 0 radical (unpaired) electrons. The lowest BCUT2D eigenvalue weighted by Crippen LogP contribution is -2.63. The van der Waals surface area contributed by atoms with Crippen LogP contribution in [-0.4, -0.2) is 14.5 Å². The molecule has 5 rings (SSSR count). The maximum Gasteiger partial charge on any atom is 0.295 e. The van der Waals surface area contributed by atoms with Crippen molar-refractivity contribution in [3.05, 3.63) is 80.9 Å². The Balaban J connectivity index is 2.21. The zero-order chi connectivity index (χ0) is 16.4. The third-order valence-electron chi connectivity index (χ3n) is 5.10. The molecular weight excluding hydrogens is 382 g/mol. The van der Waals surface area contributed by atoms with E-state index in [4.69, 9.17) is 11.6 Å². The lowest BCUT2D eigenvalue weighted by Gasteiger charge is -2.50. The van der Waals surface area contributed by atoms with E-state index in [0.29, 0.717) is 11.1 Å². The van der Waals surface area contributed by atoms with E-state index in [0.717, 1.165) is 11.1 Å². The fraction of sp³-hybridized carbons (Fsp3) is 0.235. The van der Waals surface area contributed by atoms with Crippen molar-refractivity contribution in [3.8, 4) is 0 Å². The second-order valence-corrected chi connectivity index (χ2v) is 7.67. The lowest BCUT2D eigenvalue weighted by atomic mass is 9.55. The van der Waals surface area contributed by atoms with Crippen molar-refractivity contribution in [2.45, 2.75) is 22.2 Å². The van der Waals surface area contributed by atoms with Gasteiger partial charge in [-0.2, -0.15) is 0 Å². The molecule has 116 valence electrons. The number of carbonyl (C=O) groups is 1. The summed E-state index contributed by atoms with van der Waals surface area (Å²) in [7, 11) is 0. The van der Waals surface area contributed by atoms with Gasteiger partial charge in [-0.05, 0) is 29.1 Å². The molecule has 0 saturated carbocycles. The monoisotopic (exact) mass is 391 g/mol. The standard InChI is InChI=1S/C17H11BrClNO3/c18-16(15(19)21)9-12-10-5-1-3-7-13(10)17(16,20(22)23)14-8-4-2-6-11(12)14/h1-8,12H,9H2. The SMILES string of the molecule is O=C(Cl)C1(Br)CC2c3ccccc3C1([N+](=O)[O-])c1ccccc12. The molecule has 0 fully saturated rings. The van der Waals surface area contributed by atoms with Crippen LogP contribution < -0.4 is 0 Å². The predicted octanol–water partition coefficient (Wildman–Crippen LogP) is 3.96. The summed E-state index contributed by atoms with van der Waals surface area (Å²) in [6.07, 6.45) is 0.268. The van der Waals surface area contributed by atoms with Crippen molar-refractivity contribution in [2.24, 2.45) is 0 Å². The molecule has 1 atom stereocenters. The minimum Gasteiger partial charge on any atom is -0.279 e. The summed E-state index contributed by atoms with van der Waals surface area (Å²) in [6, 6.07) is 14.5. The van der Waals surface area contributed by atoms with E-state index in [-0.39, 0.29) is 17.3 Å². The van der Waals surface area contributed by atoms with Crippen molar-refractivity contribution in [3.63, 3.8) is 0 Å². The maximum absolute atomic E-state index is 12.3. The molecule has 0 aromatic heterocycles. The van der Waals surface area contributed by atoms with Gasteiger partial charge in [0, 0.05) is 22.0 Å². The van der Waals surface area contributed by atoms with Gasteiger partial charge in [-0.3, -0.25) is 14.9 Å². The first-order chi connectivity index (χ1) is 10.9. The van der Waals surface area contributed by atoms with Crippen LogP contribution in [0, 0.1) is 10.1 Å². The quantitative estimate of drug-likeness (QED) is 0.336. The molecule has 2 aromatic rings. The summed E-state index contributed by atoms with van der Waals surface area (Å²) in [5.41, 5.74) is 1.18. The van der Waals surface area contributed by atoms with E-state index in [2.05, 4.69) is 15.9 Å². The zero-order valence-electron chi connectivity index (χ0n) is 11.8. The van der Waals surface area contributed by atoms with Crippen LogP contribution in [0.25, 0.3) is 0 Å². The lowest BCUT2D eigenvalue weighted by molar-refractivity contribution is -0.572. The predicted molar refractivity (Wildman–Crippen MR) is 89.6 cm³/mol. The number of halogens is 2. The van der Waals surface area contributed by atoms with Crippen LogP contribution in [0.3, 0.4) is 0 Å². The molecule has 0 amide bonds. The van der Waals surface area contributed by atoms with Crippen LogP contribution in [0.4, 0.5) is 0 Å². The number of fused-ring (bicyclic) bond motifs is 1. The number of rotatable bonds is 2. The Morgan fingerprint density at radius 1 is 1.13 bits per heavy atom. The van der Waals surface area contributed by atoms with E-state index in [9.17, 15) is 14.9 Å². The van der Waals surface area contributed by atoms with E-state index in [1.165, 1.54) is 0 Å². The minimum absolute atomic E-state index is 0.0914. The number of carbonyl (C=O) groups excluding carboxylic acids is 1. The summed E-state index contributed by atoms with van der Waals surface area (Å²) >= 11 is 9.26. The first-order valence-corrected chi connectivity index (χ1v) is 8.34. The topological polar surface area (TPSA) is 60.2 Å². The van der Waals surface area contributed by atoms with Gasteiger partial charge in [0.2, 0.25) is 5.24 Å². The molecule has 23 heavy (non-hydrogen) atoms. The van der Waals surface area contributed by atoms with Gasteiger partial charge in [-0.1, -0.05) is 64.5 Å². The van der Waals surface area contributed by atoms with Crippen LogP contribution in [0.2, 0.25) is 0 Å². The molecule has 4 nitrogen and oxygen atoms in total. The summed E-state index contributed by atoms with van der Waals surface area (Å²) in [4.78, 5) is 24.2. The zero-order valence-corrected chi connectivity index (χ0v) is 14.2. The van der Waals surface area contributed by atoms with Crippen LogP contribution in [0.15, 0.2) is 48.5 Å². The third kappa shape index (κ3) is 1.54. The molecule has 0 spiro atoms. The molecule has 0 heterocycles. The fourth-order valence-corrected chi connectivity index (χ4v) is 5.32. The summed E-state index contributed by atoms with van der Waals surface area (Å²) < 4.78 is -1.46. The van der Waals surface area contributed by atoms with Gasteiger partial charge < -0.3 is 0 Å². The fourth-order valence-electron chi connectivity index (χ4n) is 4.21. The van der Waals surface area contributed by atoms with E-state index < -0.39 is 15.1 Å². The molecule has 1 unspecified atom stereocenters. The number of hydrogen-bond donors (Lipinski definition) is 0. The Morgan fingerprint density at radius 2 is 1.61 bits per heavy atom. The molecule has 3 aliphatic carbocycles. The van der Waals surface area contributed by atoms with Crippen molar-refractivity contribution in [1.82, 2.24) is 0 Å². The Bertz CT molecular complexity index is 821. The molecule has 2 bridgehead atoms. The molecule has 6 heteroatoms. The van der Waals surface area contributed by atoms with E-state index >= 15 is 0 Å². The first kappa shape index (κ1) is 14.8. The maximum atomic E-state index is 12.3. The molecule has 0 N–H and O–H groups in total. The van der Waals surface area contributed by atoms with Crippen LogP contribution >= 0.6 is 27.5 Å². The Morgan fingerprint density at radius 3 is 2.04 bits per heavy atom. The Hall–Kier alpha value is -1.72. The Kier molecular flexibility index (Phi) is 3.00. The first-order valence-electron chi connectivity index (χ1n) is 7.16. The summed E-state index contributed by atoms with van der Waals surface area (Å²) in [5, 5.41) is 11.6. The molecule has 2 aromatic carbocycles. The molecular formula is C17H11BrClNO3. The van der Waals surface area contributed by atoms with E-state index in [1.807, 2.05) is 24.3 Å². The van der Waals surface area contributed by atoms with Crippen molar-refractivity contribution < 1.29 is 9.72 Å². The van der Waals surface area contributed by atoms with Gasteiger partial charge in [-0.15, -0.1) is 0 Å². The average Bonchev–Trinajstić information content (AvgIpc) is 2.54. The van der Waals surface area contributed by atoms with Crippen LogP contribution in [0.1, 0.15) is 34.6 Å². The third-order valence-corrected chi connectivity index (χ3v) is 6.90. The highest BCUT2D eigenvalue weighted by atomic mass is 79.9. The van der Waals surface area contributed by atoms with E-state index in [1.54, 1.807) is 24.3 Å². The van der Waals surface area contributed by atoms with Gasteiger partial charge in [-0.25, -0.2) is 0 Å². The largest absolute Gasteiger partial charge is 0.295 e. The van der Waals surface area contributed by atoms with Crippen molar-refractivity contribution in [1.29, 1.82) is 0 Å². The summed E-state index contributed by atoms with van der Waals surface area (Å²) in [5.74, 6) is -0.0914.